The van der Waals surface area contributed by atoms with Crippen LogP contribution in [-0.2, 0) is 0 Å². The maximum Gasteiger partial charge on any atom is 0.332 e. The summed E-state index contributed by atoms with van der Waals surface area (Å²) in [5.41, 5.74) is 7.48. The molecule has 0 bridgehead atoms. The highest BCUT2D eigenvalue weighted by molar-refractivity contribution is 5.79. The van der Waals surface area contributed by atoms with Gasteiger partial charge in [-0.1, -0.05) is 0 Å². The molecule has 11 heavy (non-hydrogen) atoms. The number of nitrogens with two attached hydrogens (primary N) is 1. The number of urea groups is 1. The van der Waals surface area contributed by atoms with Crippen molar-refractivity contribution in [1.29, 1.82) is 0 Å². The van der Waals surface area contributed by atoms with E-state index in [4.69, 9.17) is 5.73 Å². The minimum absolute atomic E-state index is 0.693. The second-order valence-electron chi connectivity index (χ2n) is 1.75. The number of primary amides is 1. The molecule has 1 aromatic heterocycles. The summed E-state index contributed by atoms with van der Waals surface area (Å²) >= 11 is 0. The van der Waals surface area contributed by atoms with Gasteiger partial charge < -0.3 is 5.73 Å². The van der Waals surface area contributed by atoms with Gasteiger partial charge in [-0.15, -0.1) is 0 Å². The molecule has 0 aromatic carbocycles. The van der Waals surface area contributed by atoms with E-state index in [-0.39, 0.29) is 0 Å². The molecule has 1 rings (SSSR count). The van der Waals surface area contributed by atoms with Gasteiger partial charge in [-0.2, -0.15) is 10.2 Å². The third kappa shape index (κ3) is 2.48. The zero-order valence-electron chi connectivity index (χ0n) is 5.61. The average Bonchev–Trinajstić information content (AvgIpc) is 2.39. The number of aromatic amines is 1. The van der Waals surface area contributed by atoms with E-state index in [0.717, 1.165) is 0 Å². The highest BCUT2D eigenvalue weighted by Crippen LogP contribution is 1.83. The van der Waals surface area contributed by atoms with Crippen molar-refractivity contribution >= 4 is 12.2 Å². The van der Waals surface area contributed by atoms with Gasteiger partial charge in [0.1, 0.15) is 0 Å². The van der Waals surface area contributed by atoms with Crippen molar-refractivity contribution in [2.75, 3.05) is 0 Å². The number of H-pyrrole nitrogens is 1. The van der Waals surface area contributed by atoms with E-state index in [1.165, 1.54) is 6.21 Å². The molecule has 58 valence electrons. The Balaban J connectivity index is 2.43. The Kier molecular flexibility index (Phi) is 2.21. The van der Waals surface area contributed by atoms with Gasteiger partial charge in [-0.3, -0.25) is 5.10 Å². The summed E-state index contributed by atoms with van der Waals surface area (Å²) in [6, 6.07) is 1.01. The van der Waals surface area contributed by atoms with Crippen LogP contribution >= 0.6 is 0 Å². The Hall–Kier alpha value is -1.85. The standard InChI is InChI=1S/C5H7N5O/c6-5(11)10-8-3-4-1-2-7-9-4/h1-3H,(H,7,9)(H3,6,10,11)/b8-3+. The van der Waals surface area contributed by atoms with Crippen molar-refractivity contribution in [2.45, 2.75) is 0 Å². The summed E-state index contributed by atoms with van der Waals surface area (Å²) in [5.74, 6) is 0. The monoisotopic (exact) mass is 153 g/mol. The highest BCUT2D eigenvalue weighted by Gasteiger charge is 1.86. The lowest BCUT2D eigenvalue weighted by atomic mass is 10.5. The molecule has 0 spiro atoms. The molecule has 0 saturated carbocycles. The molecule has 0 fully saturated rings. The fourth-order valence-electron chi connectivity index (χ4n) is 0.504. The first-order valence-electron chi connectivity index (χ1n) is 2.87. The van der Waals surface area contributed by atoms with Gasteiger partial charge >= 0.3 is 6.03 Å². The van der Waals surface area contributed by atoms with Crippen LogP contribution in [0.3, 0.4) is 0 Å². The third-order valence-electron chi connectivity index (χ3n) is 0.901. The van der Waals surface area contributed by atoms with Crippen molar-refractivity contribution < 1.29 is 4.79 Å². The topological polar surface area (TPSA) is 96.2 Å². The zero-order valence-corrected chi connectivity index (χ0v) is 5.61. The Morgan fingerprint density at radius 2 is 2.73 bits per heavy atom. The molecular formula is C5H7N5O. The molecule has 1 aromatic rings. The average molecular weight is 153 g/mol. The Morgan fingerprint density at radius 3 is 3.27 bits per heavy atom. The van der Waals surface area contributed by atoms with E-state index >= 15 is 0 Å². The summed E-state index contributed by atoms with van der Waals surface area (Å²) in [6.07, 6.45) is 2.98. The minimum atomic E-state index is -0.694. The first kappa shape index (κ1) is 7.26. The van der Waals surface area contributed by atoms with Crippen LogP contribution in [0.2, 0.25) is 0 Å². The summed E-state index contributed by atoms with van der Waals surface area (Å²) in [7, 11) is 0. The molecular weight excluding hydrogens is 146 g/mol. The molecule has 0 atom stereocenters. The molecule has 0 radical (unpaired) electrons. The number of aromatic nitrogens is 2. The maximum atomic E-state index is 10.1. The molecule has 0 aliphatic rings. The van der Waals surface area contributed by atoms with Gasteiger partial charge in [0.15, 0.2) is 0 Å². The maximum absolute atomic E-state index is 10.1. The van der Waals surface area contributed by atoms with E-state index < -0.39 is 6.03 Å². The van der Waals surface area contributed by atoms with Crippen molar-refractivity contribution in [1.82, 2.24) is 15.6 Å². The Labute approximate surface area is 62.5 Å². The molecule has 6 heteroatoms. The van der Waals surface area contributed by atoms with Gasteiger partial charge in [-0.05, 0) is 6.07 Å². The number of rotatable bonds is 2. The SMILES string of the molecule is NC(=O)N/N=C/c1ccn[nH]1. The number of amides is 2. The van der Waals surface area contributed by atoms with Crippen molar-refractivity contribution in [3.63, 3.8) is 0 Å². The molecule has 6 nitrogen and oxygen atoms in total. The lowest BCUT2D eigenvalue weighted by molar-refractivity contribution is 0.249. The van der Waals surface area contributed by atoms with E-state index in [1.54, 1.807) is 12.3 Å². The fraction of sp³-hybridized carbons (Fsp3) is 0. The Bertz CT molecular complexity index is 252. The van der Waals surface area contributed by atoms with Crippen molar-refractivity contribution in [3.05, 3.63) is 18.0 Å². The summed E-state index contributed by atoms with van der Waals surface area (Å²) in [5, 5.41) is 9.77. The largest absolute Gasteiger partial charge is 0.350 e. The first-order chi connectivity index (χ1) is 5.29. The number of carbonyl (C=O) groups excluding carboxylic acids is 1. The summed E-state index contributed by atoms with van der Waals surface area (Å²) < 4.78 is 0. The number of carbonyl (C=O) groups is 1. The number of hydrazone groups is 1. The van der Waals surface area contributed by atoms with Crippen molar-refractivity contribution in [2.24, 2.45) is 10.8 Å². The minimum Gasteiger partial charge on any atom is -0.350 e. The van der Waals surface area contributed by atoms with Crippen molar-refractivity contribution in [3.8, 4) is 0 Å². The van der Waals surface area contributed by atoms with Gasteiger partial charge in [0.2, 0.25) is 0 Å². The summed E-state index contributed by atoms with van der Waals surface area (Å²) in [4.78, 5) is 10.1. The molecule has 0 unspecified atom stereocenters. The van der Waals surface area contributed by atoms with E-state index in [9.17, 15) is 4.79 Å². The van der Waals surface area contributed by atoms with Crippen LogP contribution in [0.1, 0.15) is 5.69 Å². The molecule has 0 aliphatic carbocycles. The number of nitrogens with zero attached hydrogens (tertiary/aromatic N) is 2. The van der Waals surface area contributed by atoms with Crippen LogP contribution in [0, 0.1) is 0 Å². The van der Waals surface area contributed by atoms with Crippen LogP contribution in [0.15, 0.2) is 17.4 Å². The van der Waals surface area contributed by atoms with E-state index in [2.05, 4.69) is 15.3 Å². The molecule has 4 N–H and O–H groups in total. The quantitative estimate of drug-likeness (QED) is 0.391. The number of hydrogen-bond donors (Lipinski definition) is 3. The zero-order chi connectivity index (χ0) is 8.10. The predicted molar refractivity (Wildman–Crippen MR) is 38.9 cm³/mol. The molecule has 0 saturated heterocycles. The van der Waals surface area contributed by atoms with Crippen LogP contribution in [0.5, 0.6) is 0 Å². The molecule has 0 aliphatic heterocycles. The van der Waals surface area contributed by atoms with Crippen LogP contribution in [0.25, 0.3) is 0 Å². The van der Waals surface area contributed by atoms with Gasteiger partial charge in [-0.25, -0.2) is 10.2 Å². The smallest absolute Gasteiger partial charge is 0.332 e. The van der Waals surface area contributed by atoms with Gasteiger partial charge in [0.25, 0.3) is 0 Å². The summed E-state index contributed by atoms with van der Waals surface area (Å²) in [6.45, 7) is 0. The van der Waals surface area contributed by atoms with E-state index in [1.807, 2.05) is 5.43 Å². The lowest BCUT2D eigenvalue weighted by Gasteiger charge is -1.87. The molecule has 2 amide bonds. The van der Waals surface area contributed by atoms with Crippen LogP contribution in [0.4, 0.5) is 4.79 Å². The fourth-order valence-corrected chi connectivity index (χ4v) is 0.504. The predicted octanol–water partition coefficient (Wildman–Crippen LogP) is -0.588. The third-order valence-corrected chi connectivity index (χ3v) is 0.901. The van der Waals surface area contributed by atoms with Crippen LogP contribution in [-0.4, -0.2) is 22.4 Å². The number of nitrogens with one attached hydrogen (secondary N) is 2. The van der Waals surface area contributed by atoms with Gasteiger partial charge in [0.05, 0.1) is 11.9 Å². The lowest BCUT2D eigenvalue weighted by Crippen LogP contribution is -2.24. The van der Waals surface area contributed by atoms with Gasteiger partial charge in [0, 0.05) is 6.20 Å². The second-order valence-corrected chi connectivity index (χ2v) is 1.75. The second kappa shape index (κ2) is 3.35. The highest BCUT2D eigenvalue weighted by atomic mass is 16.2. The Morgan fingerprint density at radius 1 is 1.91 bits per heavy atom. The van der Waals surface area contributed by atoms with E-state index in [0.29, 0.717) is 5.69 Å². The normalized spacial score (nSPS) is 10.2. The first-order valence-corrected chi connectivity index (χ1v) is 2.87. The van der Waals surface area contributed by atoms with Crippen LogP contribution < -0.4 is 11.2 Å². The number of hydrogen-bond acceptors (Lipinski definition) is 3. The molecule has 1 heterocycles.